The fourth-order valence-corrected chi connectivity index (χ4v) is 5.64. The summed E-state index contributed by atoms with van der Waals surface area (Å²) in [6, 6.07) is 4.15. The summed E-state index contributed by atoms with van der Waals surface area (Å²) in [5.41, 5.74) is 4.58. The Bertz CT molecular complexity index is 903. The first-order valence-corrected chi connectivity index (χ1v) is 13.3. The van der Waals surface area contributed by atoms with E-state index in [4.69, 9.17) is 0 Å². The van der Waals surface area contributed by atoms with Gasteiger partial charge in [-0.2, -0.15) is 0 Å². The number of Topliss-reactive ketones (excluding diaryl/α,β-unsaturated/α-hetero) is 4. The average Bonchev–Trinajstić information content (AvgIpc) is 2.69. The summed E-state index contributed by atoms with van der Waals surface area (Å²) >= 11 is 0. The Morgan fingerprint density at radius 2 is 1.57 bits per heavy atom. The fraction of sp³-hybridized carbons (Fsp3) is 0.677. The second kappa shape index (κ2) is 13.8. The van der Waals surface area contributed by atoms with Gasteiger partial charge in [-0.25, -0.2) is 0 Å². The number of fused-ring (bicyclic) bond motifs is 1. The molecular weight excluding hydrogens is 436 g/mol. The van der Waals surface area contributed by atoms with Crippen LogP contribution in [0.25, 0.3) is 0 Å². The maximum absolute atomic E-state index is 12.8. The fourth-order valence-electron chi connectivity index (χ4n) is 5.64. The molecule has 4 nitrogen and oxygen atoms in total. The largest absolute Gasteiger partial charge is 0.300 e. The van der Waals surface area contributed by atoms with Gasteiger partial charge in [-0.3, -0.25) is 14.4 Å². The SMILES string of the molecule is CC(=O)CC(C)(C)C.CCCC(CC1CC(=O)c2c(C)ccc(C)c2C1)C(CC)C(=O)CC(C)=O. The lowest BCUT2D eigenvalue weighted by Gasteiger charge is -2.32. The van der Waals surface area contributed by atoms with Gasteiger partial charge in [-0.15, -0.1) is 0 Å². The Kier molecular flexibility index (Phi) is 12.2. The Morgan fingerprint density at radius 3 is 2.03 bits per heavy atom. The molecule has 0 amide bonds. The van der Waals surface area contributed by atoms with Gasteiger partial charge in [0.1, 0.15) is 17.3 Å². The minimum absolute atomic E-state index is 0.0451. The van der Waals surface area contributed by atoms with Crippen molar-refractivity contribution in [2.75, 3.05) is 0 Å². The average molecular weight is 485 g/mol. The van der Waals surface area contributed by atoms with Crippen LogP contribution in [0, 0.1) is 37.0 Å². The zero-order valence-corrected chi connectivity index (χ0v) is 23.7. The number of carbonyl (C=O) groups is 4. The quantitative estimate of drug-likeness (QED) is 0.324. The highest BCUT2D eigenvalue weighted by molar-refractivity contribution is 6.00. The first kappa shape index (κ1) is 30.9. The number of ketones is 4. The lowest BCUT2D eigenvalue weighted by atomic mass is 9.71. The van der Waals surface area contributed by atoms with E-state index in [1.807, 2.05) is 19.9 Å². The van der Waals surface area contributed by atoms with E-state index in [1.54, 1.807) is 6.92 Å². The molecule has 3 unspecified atom stereocenters. The minimum atomic E-state index is -0.0658. The van der Waals surface area contributed by atoms with Crippen molar-refractivity contribution in [3.8, 4) is 0 Å². The molecule has 3 atom stereocenters. The van der Waals surface area contributed by atoms with Crippen molar-refractivity contribution >= 4 is 23.1 Å². The van der Waals surface area contributed by atoms with Gasteiger partial charge in [0.05, 0.1) is 6.42 Å². The molecule has 0 spiro atoms. The third-order valence-corrected chi connectivity index (χ3v) is 6.92. The highest BCUT2D eigenvalue weighted by atomic mass is 16.1. The van der Waals surface area contributed by atoms with E-state index in [0.29, 0.717) is 18.8 Å². The first-order valence-electron chi connectivity index (χ1n) is 13.3. The van der Waals surface area contributed by atoms with E-state index in [0.717, 1.165) is 43.2 Å². The maximum atomic E-state index is 12.8. The summed E-state index contributed by atoms with van der Waals surface area (Å²) in [7, 11) is 0. The van der Waals surface area contributed by atoms with Crippen LogP contribution in [0.2, 0.25) is 0 Å². The molecule has 0 aliphatic heterocycles. The molecule has 2 rings (SSSR count). The van der Waals surface area contributed by atoms with E-state index >= 15 is 0 Å². The Morgan fingerprint density at radius 1 is 0.971 bits per heavy atom. The van der Waals surface area contributed by atoms with E-state index in [-0.39, 0.29) is 46.8 Å². The number of hydrogen-bond acceptors (Lipinski definition) is 4. The summed E-state index contributed by atoms with van der Waals surface area (Å²) in [6.45, 7) is 17.6. The van der Waals surface area contributed by atoms with Gasteiger partial charge < -0.3 is 4.79 Å². The van der Waals surface area contributed by atoms with Gasteiger partial charge in [0, 0.05) is 24.3 Å². The molecular formula is C31H48O4. The maximum Gasteiger partial charge on any atom is 0.163 e. The van der Waals surface area contributed by atoms with Crippen molar-refractivity contribution in [3.05, 3.63) is 34.4 Å². The van der Waals surface area contributed by atoms with Crippen molar-refractivity contribution in [2.24, 2.45) is 23.2 Å². The van der Waals surface area contributed by atoms with Crippen LogP contribution in [-0.2, 0) is 20.8 Å². The normalized spacial score (nSPS) is 17.1. The Hall–Kier alpha value is -2.10. The van der Waals surface area contributed by atoms with Crippen molar-refractivity contribution in [3.63, 3.8) is 0 Å². The van der Waals surface area contributed by atoms with E-state index in [2.05, 4.69) is 40.7 Å². The lowest BCUT2D eigenvalue weighted by molar-refractivity contribution is -0.130. The van der Waals surface area contributed by atoms with Crippen LogP contribution in [0.3, 0.4) is 0 Å². The molecule has 4 heteroatoms. The predicted molar refractivity (Wildman–Crippen MR) is 144 cm³/mol. The summed E-state index contributed by atoms with van der Waals surface area (Å²) in [4.78, 5) is 47.3. The second-order valence-electron chi connectivity index (χ2n) is 11.8. The van der Waals surface area contributed by atoms with Gasteiger partial charge in [0.2, 0.25) is 0 Å². The van der Waals surface area contributed by atoms with Crippen molar-refractivity contribution in [1.82, 2.24) is 0 Å². The second-order valence-corrected chi connectivity index (χ2v) is 11.8. The van der Waals surface area contributed by atoms with Crippen LogP contribution in [0.1, 0.15) is 120 Å². The third-order valence-electron chi connectivity index (χ3n) is 6.92. The summed E-state index contributed by atoms with van der Waals surface area (Å²) in [5.74, 6) is 1.04. The molecule has 35 heavy (non-hydrogen) atoms. The van der Waals surface area contributed by atoms with Crippen LogP contribution in [0.15, 0.2) is 12.1 Å². The summed E-state index contributed by atoms with van der Waals surface area (Å²) < 4.78 is 0. The molecule has 0 saturated heterocycles. The highest BCUT2D eigenvalue weighted by Crippen LogP contribution is 2.37. The van der Waals surface area contributed by atoms with Gasteiger partial charge in [0.25, 0.3) is 0 Å². The molecule has 0 bridgehead atoms. The Labute approximate surface area is 213 Å². The van der Waals surface area contributed by atoms with Gasteiger partial charge in [-0.05, 0) is 80.9 Å². The molecule has 0 N–H and O–H groups in total. The molecule has 1 aliphatic rings. The number of benzene rings is 1. The van der Waals surface area contributed by atoms with Crippen LogP contribution in [-0.4, -0.2) is 23.1 Å². The van der Waals surface area contributed by atoms with Gasteiger partial charge in [0.15, 0.2) is 5.78 Å². The van der Waals surface area contributed by atoms with Crippen LogP contribution < -0.4 is 0 Å². The predicted octanol–water partition coefficient (Wildman–Crippen LogP) is 7.44. The molecule has 0 radical (unpaired) electrons. The summed E-state index contributed by atoms with van der Waals surface area (Å²) in [6.07, 6.45) is 5.90. The smallest absolute Gasteiger partial charge is 0.163 e. The molecule has 0 heterocycles. The van der Waals surface area contributed by atoms with E-state index < -0.39 is 0 Å². The molecule has 196 valence electrons. The van der Waals surface area contributed by atoms with Crippen molar-refractivity contribution in [1.29, 1.82) is 0 Å². The standard InChI is InChI=1S/C24H34O3.C7H14O/c1-6-8-19(20(7-2)22(26)11-17(5)25)12-18-13-21-15(3)9-10-16(4)24(21)23(27)14-18;1-6(8)5-7(2,3)4/h9-10,18-20H,6-8,11-14H2,1-5H3;5H2,1-4H3. The van der Waals surface area contributed by atoms with E-state index in [1.165, 1.54) is 18.1 Å². The lowest BCUT2D eigenvalue weighted by Crippen LogP contribution is -2.30. The molecule has 0 fully saturated rings. The zero-order valence-electron chi connectivity index (χ0n) is 23.7. The highest BCUT2D eigenvalue weighted by Gasteiger charge is 2.33. The first-order chi connectivity index (χ1) is 16.2. The number of hydrogen-bond donors (Lipinski definition) is 0. The zero-order chi connectivity index (χ0) is 26.9. The number of aryl methyl sites for hydroxylation is 2. The van der Waals surface area contributed by atoms with Crippen LogP contribution in [0.4, 0.5) is 0 Å². The molecule has 1 aliphatic carbocycles. The van der Waals surface area contributed by atoms with Gasteiger partial charge in [-0.1, -0.05) is 59.6 Å². The molecule has 1 aromatic carbocycles. The topological polar surface area (TPSA) is 68.3 Å². The van der Waals surface area contributed by atoms with Crippen molar-refractivity contribution < 1.29 is 19.2 Å². The van der Waals surface area contributed by atoms with Crippen LogP contribution in [0.5, 0.6) is 0 Å². The number of rotatable bonds is 10. The minimum Gasteiger partial charge on any atom is -0.300 e. The summed E-state index contributed by atoms with van der Waals surface area (Å²) in [5, 5.41) is 0. The monoisotopic (exact) mass is 484 g/mol. The molecule has 1 aromatic rings. The van der Waals surface area contributed by atoms with E-state index in [9.17, 15) is 19.2 Å². The van der Waals surface area contributed by atoms with Crippen LogP contribution >= 0.6 is 0 Å². The number of carbonyl (C=O) groups excluding carboxylic acids is 4. The third kappa shape index (κ3) is 10.2. The van der Waals surface area contributed by atoms with Crippen molar-refractivity contribution in [2.45, 2.75) is 114 Å². The molecule has 0 saturated carbocycles. The van der Waals surface area contributed by atoms with Gasteiger partial charge >= 0.3 is 0 Å². The Balaban J connectivity index is 0.000000658. The molecule has 0 aromatic heterocycles.